The fourth-order valence-corrected chi connectivity index (χ4v) is 2.80. The van der Waals surface area contributed by atoms with Crippen LogP contribution in [-0.2, 0) is 0 Å². The molecule has 14 heavy (non-hydrogen) atoms. The molecule has 2 heterocycles. The monoisotopic (exact) mass is 197 g/mol. The van der Waals surface area contributed by atoms with Crippen LogP contribution in [-0.4, -0.2) is 55.1 Å². The van der Waals surface area contributed by atoms with E-state index in [0.717, 1.165) is 19.1 Å². The topological polar surface area (TPSA) is 32.5 Å². The van der Waals surface area contributed by atoms with E-state index in [2.05, 4.69) is 9.80 Å². The maximum atomic E-state index is 5.56. The van der Waals surface area contributed by atoms with Gasteiger partial charge in [0.1, 0.15) is 0 Å². The molecule has 0 aliphatic carbocycles. The molecule has 2 N–H and O–H groups in total. The Morgan fingerprint density at radius 1 is 1.00 bits per heavy atom. The van der Waals surface area contributed by atoms with Crippen LogP contribution in [0.5, 0.6) is 0 Å². The normalized spacial score (nSPS) is 27.2. The first-order valence-corrected chi connectivity index (χ1v) is 6.06. The highest BCUT2D eigenvalue weighted by Crippen LogP contribution is 2.20. The average molecular weight is 197 g/mol. The Morgan fingerprint density at radius 3 is 2.21 bits per heavy atom. The van der Waals surface area contributed by atoms with E-state index in [4.69, 9.17) is 5.73 Å². The molecule has 0 aromatic carbocycles. The third kappa shape index (κ3) is 2.47. The third-order valence-electron chi connectivity index (χ3n) is 3.66. The molecule has 0 aromatic rings. The van der Waals surface area contributed by atoms with Gasteiger partial charge in [-0.2, -0.15) is 0 Å². The molecule has 0 amide bonds. The zero-order valence-corrected chi connectivity index (χ0v) is 9.12. The number of rotatable bonds is 3. The molecule has 0 unspecified atom stereocenters. The van der Waals surface area contributed by atoms with Crippen molar-refractivity contribution >= 4 is 0 Å². The number of hydrogen-bond acceptors (Lipinski definition) is 3. The Hall–Kier alpha value is -0.120. The van der Waals surface area contributed by atoms with Crippen LogP contribution in [0.25, 0.3) is 0 Å². The van der Waals surface area contributed by atoms with E-state index in [0.29, 0.717) is 0 Å². The van der Waals surface area contributed by atoms with Gasteiger partial charge in [0, 0.05) is 19.1 Å². The highest BCUT2D eigenvalue weighted by atomic mass is 15.2. The molecule has 3 heteroatoms. The van der Waals surface area contributed by atoms with Crippen molar-refractivity contribution in [1.82, 2.24) is 9.80 Å². The van der Waals surface area contributed by atoms with E-state index >= 15 is 0 Å². The lowest BCUT2D eigenvalue weighted by Crippen LogP contribution is -2.45. The zero-order chi connectivity index (χ0) is 9.80. The molecule has 2 fully saturated rings. The van der Waals surface area contributed by atoms with Gasteiger partial charge in [0.05, 0.1) is 0 Å². The zero-order valence-electron chi connectivity index (χ0n) is 9.12. The van der Waals surface area contributed by atoms with Crippen molar-refractivity contribution in [2.45, 2.75) is 31.7 Å². The van der Waals surface area contributed by atoms with Gasteiger partial charge in [-0.05, 0) is 51.9 Å². The molecule has 3 nitrogen and oxygen atoms in total. The Kier molecular flexibility index (Phi) is 3.79. The molecule has 0 atom stereocenters. The maximum absolute atomic E-state index is 5.56. The van der Waals surface area contributed by atoms with Crippen LogP contribution in [0, 0.1) is 0 Å². The Balaban J connectivity index is 1.72. The van der Waals surface area contributed by atoms with Gasteiger partial charge in [-0.3, -0.25) is 0 Å². The Labute approximate surface area is 87.2 Å². The third-order valence-corrected chi connectivity index (χ3v) is 3.66. The lowest BCUT2D eigenvalue weighted by Gasteiger charge is -2.36. The van der Waals surface area contributed by atoms with E-state index in [9.17, 15) is 0 Å². The molecule has 82 valence electrons. The van der Waals surface area contributed by atoms with Gasteiger partial charge in [-0.15, -0.1) is 0 Å². The first kappa shape index (κ1) is 10.4. The molecular formula is C11H23N3. The molecule has 0 radical (unpaired) electrons. The number of piperidine rings is 1. The number of nitrogens with zero attached hydrogens (tertiary/aromatic N) is 2. The molecule has 0 saturated carbocycles. The van der Waals surface area contributed by atoms with Crippen LogP contribution < -0.4 is 5.73 Å². The van der Waals surface area contributed by atoms with Crippen LogP contribution in [0.15, 0.2) is 0 Å². The summed E-state index contributed by atoms with van der Waals surface area (Å²) in [5.41, 5.74) is 5.56. The lowest BCUT2D eigenvalue weighted by atomic mass is 10.0. The largest absolute Gasteiger partial charge is 0.329 e. The Bertz CT molecular complexity index is 158. The van der Waals surface area contributed by atoms with Gasteiger partial charge < -0.3 is 15.5 Å². The predicted molar refractivity (Wildman–Crippen MR) is 59.3 cm³/mol. The summed E-state index contributed by atoms with van der Waals surface area (Å²) in [7, 11) is 0. The van der Waals surface area contributed by atoms with E-state index in [1.165, 1.54) is 51.9 Å². The average Bonchev–Trinajstić information content (AvgIpc) is 2.72. The first-order valence-electron chi connectivity index (χ1n) is 6.06. The van der Waals surface area contributed by atoms with Gasteiger partial charge in [0.25, 0.3) is 0 Å². The Morgan fingerprint density at radius 2 is 1.64 bits per heavy atom. The second-order valence-corrected chi connectivity index (χ2v) is 4.60. The van der Waals surface area contributed by atoms with Gasteiger partial charge in [-0.1, -0.05) is 0 Å². The summed E-state index contributed by atoms with van der Waals surface area (Å²) in [4.78, 5) is 5.20. The smallest absolute Gasteiger partial charge is 0.0120 e. The fourth-order valence-electron chi connectivity index (χ4n) is 2.80. The van der Waals surface area contributed by atoms with Crippen LogP contribution in [0.4, 0.5) is 0 Å². The van der Waals surface area contributed by atoms with E-state index in [-0.39, 0.29) is 0 Å². The van der Waals surface area contributed by atoms with Gasteiger partial charge in [0.2, 0.25) is 0 Å². The molecule has 2 aliphatic heterocycles. The van der Waals surface area contributed by atoms with Crippen LogP contribution in [0.3, 0.4) is 0 Å². The van der Waals surface area contributed by atoms with Crippen molar-refractivity contribution in [3.8, 4) is 0 Å². The van der Waals surface area contributed by atoms with Gasteiger partial charge in [-0.25, -0.2) is 0 Å². The maximum Gasteiger partial charge on any atom is 0.0120 e. The van der Waals surface area contributed by atoms with Crippen molar-refractivity contribution in [2.24, 2.45) is 5.73 Å². The van der Waals surface area contributed by atoms with Crippen molar-refractivity contribution in [1.29, 1.82) is 0 Å². The van der Waals surface area contributed by atoms with Crippen LogP contribution in [0.2, 0.25) is 0 Å². The number of nitrogens with two attached hydrogens (primary N) is 1. The van der Waals surface area contributed by atoms with Gasteiger partial charge >= 0.3 is 0 Å². The summed E-state index contributed by atoms with van der Waals surface area (Å²) in [5, 5.41) is 0. The minimum atomic E-state index is 0.814. The predicted octanol–water partition coefficient (Wildman–Crippen LogP) is 0.505. The summed E-state index contributed by atoms with van der Waals surface area (Å²) < 4.78 is 0. The van der Waals surface area contributed by atoms with Crippen LogP contribution >= 0.6 is 0 Å². The first-order chi connectivity index (χ1) is 6.90. The second-order valence-electron chi connectivity index (χ2n) is 4.60. The SMILES string of the molecule is NCCN1CCC(N2CCCC2)CC1. The van der Waals surface area contributed by atoms with Crippen LogP contribution in [0.1, 0.15) is 25.7 Å². The molecular weight excluding hydrogens is 174 g/mol. The molecule has 2 rings (SSSR count). The van der Waals surface area contributed by atoms with E-state index < -0.39 is 0 Å². The lowest BCUT2D eigenvalue weighted by molar-refractivity contribution is 0.129. The molecule has 2 aliphatic rings. The number of likely N-dealkylation sites (tertiary alicyclic amines) is 2. The second kappa shape index (κ2) is 5.10. The highest BCUT2D eigenvalue weighted by molar-refractivity contribution is 4.82. The minimum absolute atomic E-state index is 0.814. The summed E-state index contributed by atoms with van der Waals surface area (Å²) in [6.45, 7) is 7.13. The molecule has 2 saturated heterocycles. The summed E-state index contributed by atoms with van der Waals surface area (Å²) in [6.07, 6.45) is 5.56. The summed E-state index contributed by atoms with van der Waals surface area (Å²) >= 11 is 0. The van der Waals surface area contributed by atoms with E-state index in [1.54, 1.807) is 0 Å². The quantitative estimate of drug-likeness (QED) is 0.715. The summed E-state index contributed by atoms with van der Waals surface area (Å²) in [6, 6.07) is 0.881. The standard InChI is InChI=1S/C11H23N3/c12-5-10-13-8-3-11(4-9-13)14-6-1-2-7-14/h11H,1-10,12H2. The summed E-state index contributed by atoms with van der Waals surface area (Å²) in [5.74, 6) is 0. The molecule has 0 aromatic heterocycles. The fraction of sp³-hybridized carbons (Fsp3) is 1.00. The molecule has 0 spiro atoms. The van der Waals surface area contributed by atoms with E-state index in [1.807, 2.05) is 0 Å². The van der Waals surface area contributed by atoms with Crippen molar-refractivity contribution in [2.75, 3.05) is 39.3 Å². The van der Waals surface area contributed by atoms with Crippen molar-refractivity contribution in [3.05, 3.63) is 0 Å². The minimum Gasteiger partial charge on any atom is -0.329 e. The number of hydrogen-bond donors (Lipinski definition) is 1. The molecule has 0 bridgehead atoms. The van der Waals surface area contributed by atoms with Crippen molar-refractivity contribution in [3.63, 3.8) is 0 Å². The van der Waals surface area contributed by atoms with Gasteiger partial charge in [0.15, 0.2) is 0 Å². The highest BCUT2D eigenvalue weighted by Gasteiger charge is 2.25. The van der Waals surface area contributed by atoms with Crippen molar-refractivity contribution < 1.29 is 0 Å².